The second kappa shape index (κ2) is 29.1. The monoisotopic (exact) mass is 1120 g/mol. The molecule has 15 nitrogen and oxygen atoms in total. The minimum atomic E-state index is -1.90. The molecule has 414 valence electrons. The summed E-state index contributed by atoms with van der Waals surface area (Å²) in [5.41, 5.74) is 4.36. The van der Waals surface area contributed by atoms with Crippen molar-refractivity contribution < 1.29 is 66.7 Å². The lowest BCUT2D eigenvalue weighted by Gasteiger charge is -2.51. The molecular formula is C59H68Cl3NO14. The number of alkyl halides is 3. The lowest BCUT2D eigenvalue weighted by molar-refractivity contribution is -0.390. The number of ether oxygens (including phenoxy) is 12. The number of amides is 1. The van der Waals surface area contributed by atoms with Gasteiger partial charge in [-0.25, -0.2) is 4.79 Å². The van der Waals surface area contributed by atoms with Crippen LogP contribution in [0.1, 0.15) is 48.6 Å². The van der Waals surface area contributed by atoms with E-state index < -0.39 is 109 Å². The Morgan fingerprint density at radius 3 is 1.31 bits per heavy atom. The summed E-state index contributed by atoms with van der Waals surface area (Å²) >= 11 is 18.2. The fourth-order valence-electron chi connectivity index (χ4n) is 9.56. The number of hydrogen-bond acceptors (Lipinski definition) is 14. The van der Waals surface area contributed by atoms with Crippen LogP contribution in [0.3, 0.4) is 0 Å². The molecule has 18 heteroatoms. The van der Waals surface area contributed by atoms with Gasteiger partial charge >= 0.3 is 6.09 Å². The van der Waals surface area contributed by atoms with Gasteiger partial charge in [-0.2, -0.15) is 0 Å². The highest BCUT2D eigenvalue weighted by Gasteiger charge is 2.56. The topological polar surface area (TPSA) is 160 Å². The molecule has 0 unspecified atom stereocenters. The molecule has 5 aromatic carbocycles. The first-order chi connectivity index (χ1) is 37.3. The highest BCUT2D eigenvalue weighted by molar-refractivity contribution is 6.67. The summed E-state index contributed by atoms with van der Waals surface area (Å²) in [5.74, 6) is 0. The van der Waals surface area contributed by atoms with E-state index in [-0.39, 0.29) is 39.6 Å². The van der Waals surface area contributed by atoms with Crippen LogP contribution >= 0.6 is 34.8 Å². The predicted molar refractivity (Wildman–Crippen MR) is 289 cm³/mol. The summed E-state index contributed by atoms with van der Waals surface area (Å²) in [6, 6.07) is 47.0. The fourth-order valence-corrected chi connectivity index (χ4v) is 9.72. The molecule has 0 spiro atoms. The van der Waals surface area contributed by atoms with Gasteiger partial charge in [0.15, 0.2) is 18.9 Å². The molecule has 3 aliphatic heterocycles. The zero-order valence-corrected chi connectivity index (χ0v) is 45.5. The van der Waals surface area contributed by atoms with E-state index in [2.05, 4.69) is 11.9 Å². The van der Waals surface area contributed by atoms with Gasteiger partial charge in [0.2, 0.25) is 3.79 Å². The van der Waals surface area contributed by atoms with Gasteiger partial charge in [0.1, 0.15) is 55.4 Å². The van der Waals surface area contributed by atoms with Crippen molar-refractivity contribution in [1.29, 1.82) is 0 Å². The summed E-state index contributed by atoms with van der Waals surface area (Å²) < 4.78 is 78.3. The largest absolute Gasteiger partial charge is 0.445 e. The summed E-state index contributed by atoms with van der Waals surface area (Å²) in [7, 11) is 0. The third-order valence-electron chi connectivity index (χ3n) is 13.3. The van der Waals surface area contributed by atoms with Crippen molar-refractivity contribution in [3.8, 4) is 0 Å². The summed E-state index contributed by atoms with van der Waals surface area (Å²) in [6.07, 6.45) is -13.5. The maximum atomic E-state index is 13.9. The normalized spacial score (nSPS) is 29.6. The van der Waals surface area contributed by atoms with Crippen molar-refractivity contribution in [2.24, 2.45) is 0 Å². The Hall–Kier alpha value is -4.50. The highest BCUT2D eigenvalue weighted by Crippen LogP contribution is 2.38. The Labute approximate surface area is 465 Å². The van der Waals surface area contributed by atoms with Crippen LogP contribution in [-0.2, 0) is 89.9 Å². The summed E-state index contributed by atoms with van der Waals surface area (Å²) in [5, 5.41) is 14.8. The minimum absolute atomic E-state index is 0.0476. The van der Waals surface area contributed by atoms with E-state index in [1.807, 2.05) is 159 Å². The second-order valence-electron chi connectivity index (χ2n) is 19.1. The summed E-state index contributed by atoms with van der Waals surface area (Å²) in [6.45, 7) is 9.64. The Morgan fingerprint density at radius 2 is 0.870 bits per heavy atom. The van der Waals surface area contributed by atoms with Crippen LogP contribution in [0.2, 0.25) is 0 Å². The molecule has 0 aliphatic carbocycles. The van der Waals surface area contributed by atoms with Crippen LogP contribution in [0.25, 0.3) is 0 Å². The number of benzene rings is 5. The van der Waals surface area contributed by atoms with Crippen molar-refractivity contribution in [2.45, 2.75) is 150 Å². The number of alkyl carbamates (subject to hydrolysis) is 1. The van der Waals surface area contributed by atoms with Crippen LogP contribution < -0.4 is 5.32 Å². The van der Waals surface area contributed by atoms with Gasteiger partial charge in [0, 0.05) is 0 Å². The Kier molecular flexibility index (Phi) is 22.2. The van der Waals surface area contributed by atoms with Gasteiger partial charge in [-0.3, -0.25) is 0 Å². The first-order valence-corrected chi connectivity index (χ1v) is 26.9. The minimum Gasteiger partial charge on any atom is -0.445 e. The van der Waals surface area contributed by atoms with E-state index in [1.54, 1.807) is 19.9 Å². The number of aliphatic hydroxyl groups excluding tert-OH is 1. The molecule has 8 rings (SSSR count). The van der Waals surface area contributed by atoms with Crippen LogP contribution in [0.5, 0.6) is 0 Å². The van der Waals surface area contributed by atoms with Gasteiger partial charge in [-0.15, -0.1) is 6.58 Å². The first kappa shape index (κ1) is 58.6. The average molecular weight is 1120 g/mol. The maximum Gasteiger partial charge on any atom is 0.407 e. The van der Waals surface area contributed by atoms with E-state index in [4.69, 9.17) is 91.6 Å². The van der Waals surface area contributed by atoms with Gasteiger partial charge in [0.05, 0.1) is 64.0 Å². The van der Waals surface area contributed by atoms with Gasteiger partial charge in [-0.05, 0) is 48.6 Å². The number of halogens is 3. The van der Waals surface area contributed by atoms with Crippen LogP contribution in [0.4, 0.5) is 4.79 Å². The van der Waals surface area contributed by atoms with Crippen molar-refractivity contribution in [3.05, 3.63) is 192 Å². The number of carbonyl (C=O) groups is 1. The lowest BCUT2D eigenvalue weighted by atomic mass is 9.94. The van der Waals surface area contributed by atoms with E-state index in [0.717, 1.165) is 27.8 Å². The zero-order valence-electron chi connectivity index (χ0n) is 43.2. The molecule has 3 saturated heterocycles. The van der Waals surface area contributed by atoms with E-state index in [9.17, 15) is 9.90 Å². The van der Waals surface area contributed by atoms with Gasteiger partial charge in [0.25, 0.3) is 0 Å². The molecule has 0 aromatic heterocycles. The van der Waals surface area contributed by atoms with Crippen molar-refractivity contribution in [2.75, 3.05) is 13.2 Å². The quantitative estimate of drug-likeness (QED) is 0.0444. The van der Waals surface area contributed by atoms with Gasteiger partial charge < -0.3 is 67.3 Å². The van der Waals surface area contributed by atoms with Crippen molar-refractivity contribution in [1.82, 2.24) is 5.32 Å². The molecular weight excluding hydrogens is 1050 g/mol. The molecule has 3 fully saturated rings. The summed E-state index contributed by atoms with van der Waals surface area (Å²) in [4.78, 5) is 13.9. The maximum absolute atomic E-state index is 13.9. The van der Waals surface area contributed by atoms with Gasteiger partial charge in [-0.1, -0.05) is 193 Å². The van der Waals surface area contributed by atoms with E-state index in [1.165, 1.54) is 0 Å². The second-order valence-corrected chi connectivity index (χ2v) is 21.6. The van der Waals surface area contributed by atoms with Crippen molar-refractivity contribution in [3.63, 3.8) is 0 Å². The zero-order chi connectivity index (χ0) is 54.2. The molecule has 3 heterocycles. The molecule has 1 amide bonds. The molecule has 0 bridgehead atoms. The number of rotatable bonds is 24. The fraction of sp³-hybridized carbons (Fsp3) is 0.441. The molecule has 2 N–H and O–H groups in total. The SMILES string of the molecule is C=CCO[C@@H]1[C@H](O[C@H]2O[C@H](C)[C@H](OCc3ccccc3)[C@H](NC(=O)OCC(Cl)(Cl)Cl)[C@H]2OCc2ccccc2)[C@H](O[C@H]2[C@H](OCc3ccccc3)[C@@H](C)O[C@H](O)[C@H]2OCc2ccccc2)O[C@H](C)[C@H]1OCc1ccccc1. The average Bonchev–Trinajstić information content (AvgIpc) is 3.43. The Bertz CT molecular complexity index is 2450. The molecule has 15 atom stereocenters. The number of nitrogens with one attached hydrogen (secondary N) is 1. The molecule has 0 radical (unpaired) electrons. The molecule has 0 saturated carbocycles. The van der Waals surface area contributed by atoms with Crippen LogP contribution in [-0.4, -0.2) is 120 Å². The predicted octanol–water partition coefficient (Wildman–Crippen LogP) is 9.95. The van der Waals surface area contributed by atoms with E-state index in [0.29, 0.717) is 0 Å². The lowest BCUT2D eigenvalue weighted by Crippen LogP contribution is -2.68. The smallest absolute Gasteiger partial charge is 0.407 e. The Balaban J connectivity index is 1.19. The van der Waals surface area contributed by atoms with Crippen molar-refractivity contribution >= 4 is 40.9 Å². The standard InChI is InChI=1S/C59H68Cl3NO14/c1-5-31-66-51-48(68-33-42-23-13-7-14-24-42)40(4)75-57(76-52-49(69-34-43-25-15-8-16-26-43)39(3)73-55(64)53(52)71-36-45-29-19-10-20-30-45)54(51)77-56-50(70-35-44-27-17-9-18-28-44)46(63-58(65)72-37-59(60,61)62)47(38(2)74-56)67-32-41-21-11-6-12-22-41/h5-30,38-40,46-57,64H,1,31-37H2,2-4H3,(H,63,65)/t38-,39-,40-,46+,47+,48-,49-,50-,51+,52+,53+,54+,55+,56-,57+/m1/s1. The molecule has 77 heavy (non-hydrogen) atoms. The third-order valence-corrected chi connectivity index (χ3v) is 13.7. The number of carbonyl (C=O) groups excluding carboxylic acids is 1. The van der Waals surface area contributed by atoms with Crippen LogP contribution in [0, 0.1) is 0 Å². The van der Waals surface area contributed by atoms with E-state index >= 15 is 0 Å². The highest BCUT2D eigenvalue weighted by atomic mass is 35.6. The number of hydrogen-bond donors (Lipinski definition) is 2. The molecule has 3 aliphatic rings. The first-order valence-electron chi connectivity index (χ1n) is 25.8. The molecule has 5 aromatic rings. The third kappa shape index (κ3) is 17.0. The number of aliphatic hydroxyl groups is 1. The van der Waals surface area contributed by atoms with Crippen LogP contribution in [0.15, 0.2) is 164 Å². The Morgan fingerprint density at radius 1 is 0.506 bits per heavy atom.